The van der Waals surface area contributed by atoms with Gasteiger partial charge in [-0.3, -0.25) is 0 Å². The van der Waals surface area contributed by atoms with E-state index in [1.165, 1.54) is 6.08 Å². The minimum atomic E-state index is -3.08. The van der Waals surface area contributed by atoms with Crippen LogP contribution >= 0.6 is 0 Å². The zero-order valence-corrected chi connectivity index (χ0v) is 5.78. The zero-order chi connectivity index (χ0) is 8.99. The summed E-state index contributed by atoms with van der Waals surface area (Å²) in [5.41, 5.74) is 0. The summed E-state index contributed by atoms with van der Waals surface area (Å²) in [5, 5.41) is 7.76. The Kier molecular flexibility index (Phi) is 38.1. The molecular formula is C4H6F3NiO2-. The summed E-state index contributed by atoms with van der Waals surface area (Å²) in [5.74, 6) is 0. The molecule has 0 radical (unpaired) electrons. The summed E-state index contributed by atoms with van der Waals surface area (Å²) in [6.07, 6.45) is 1.43. The molecule has 0 aromatic carbocycles. The van der Waals surface area contributed by atoms with Gasteiger partial charge in [0.25, 0.3) is 0 Å². The molecule has 0 fully saturated rings. The molecule has 0 aliphatic carbocycles. The topological polar surface area (TPSA) is 37.3 Å². The number of rotatable bonds is 1. The molecule has 0 unspecified atom stereocenters. The Labute approximate surface area is 64.3 Å². The standard InChI is InChI=1S/C3H6O.CF3.Ni.O/c1-2-3-4;2-1(3)4;;/h2,4H,1,3H2;;;/q;-1;;. The van der Waals surface area contributed by atoms with Crippen molar-refractivity contribution in [1.29, 1.82) is 0 Å². The third-order valence-electron chi connectivity index (χ3n) is 0.129. The summed E-state index contributed by atoms with van der Waals surface area (Å²) in [6.45, 7) is 0.229. The third kappa shape index (κ3) is 583. The number of halogens is 3. The van der Waals surface area contributed by atoms with Crippen molar-refractivity contribution in [3.8, 4) is 0 Å². The van der Waals surface area contributed by atoms with Crippen molar-refractivity contribution in [3.05, 3.63) is 19.3 Å². The van der Waals surface area contributed by atoms with Gasteiger partial charge < -0.3 is 18.3 Å². The number of aliphatic hydroxyl groups excluding tert-OH is 1. The fraction of sp³-hybridized carbons (Fsp3) is 0.250. The second-order valence-electron chi connectivity index (χ2n) is 0.686. The molecule has 0 aromatic heterocycles. The van der Waals surface area contributed by atoms with E-state index in [0.717, 1.165) is 0 Å². The van der Waals surface area contributed by atoms with Crippen molar-refractivity contribution in [3.63, 3.8) is 0 Å². The van der Waals surface area contributed by atoms with Crippen molar-refractivity contribution >= 4 is 0 Å². The van der Waals surface area contributed by atoms with Gasteiger partial charge >= 0.3 is 19.3 Å². The van der Waals surface area contributed by atoms with Crippen LogP contribution in [0.15, 0.2) is 12.7 Å². The first kappa shape index (κ1) is 16.4. The van der Waals surface area contributed by atoms with E-state index in [0.29, 0.717) is 0 Å². The Morgan fingerprint density at radius 3 is 1.60 bits per heavy atom. The van der Waals surface area contributed by atoms with Gasteiger partial charge in [0.05, 0.1) is 6.61 Å². The average Bonchev–Trinajstić information content (AvgIpc) is 1.91. The first-order chi connectivity index (χ1) is 4.65. The van der Waals surface area contributed by atoms with Gasteiger partial charge in [0.1, 0.15) is 0 Å². The molecule has 0 bridgehead atoms. The fourth-order valence-electron chi connectivity index (χ4n) is 0. The molecule has 0 amide bonds. The maximum atomic E-state index is 9.58. The molecule has 0 atom stereocenters. The van der Waals surface area contributed by atoms with Crippen LogP contribution in [0, 0.1) is 6.68 Å². The van der Waals surface area contributed by atoms with Gasteiger partial charge in [-0.05, 0) is 0 Å². The van der Waals surface area contributed by atoms with Gasteiger partial charge in [-0.25, -0.2) is 0 Å². The normalized spacial score (nSPS) is 6.70. The molecule has 0 aromatic rings. The Morgan fingerprint density at radius 2 is 1.60 bits per heavy atom. The average molecular weight is 202 g/mol. The molecule has 66 valence electrons. The number of hydrogen-bond acceptors (Lipinski definition) is 2. The quantitative estimate of drug-likeness (QED) is 0.396. The van der Waals surface area contributed by atoms with Crippen LogP contribution in [0.2, 0.25) is 0 Å². The van der Waals surface area contributed by atoms with Crippen LogP contribution < -0.4 is 0 Å². The van der Waals surface area contributed by atoms with E-state index in [-0.39, 0.29) is 6.61 Å². The van der Waals surface area contributed by atoms with E-state index in [1.54, 1.807) is 0 Å². The van der Waals surface area contributed by atoms with Crippen molar-refractivity contribution < 1.29 is 37.6 Å². The van der Waals surface area contributed by atoms with Crippen LogP contribution in [0.4, 0.5) is 13.2 Å². The molecule has 0 aliphatic rings. The SMILES string of the molecule is C=CCO.F[C-](F)F.[O]=[Ni]. The van der Waals surface area contributed by atoms with E-state index in [1.807, 2.05) is 0 Å². The summed E-state index contributed by atoms with van der Waals surface area (Å²) >= 11 is 2.62. The van der Waals surface area contributed by atoms with Gasteiger partial charge in [0.2, 0.25) is 0 Å². The molecule has 0 rings (SSSR count). The van der Waals surface area contributed by atoms with Gasteiger partial charge in [-0.2, -0.15) is 0 Å². The van der Waals surface area contributed by atoms with E-state index < -0.39 is 6.68 Å². The van der Waals surface area contributed by atoms with Crippen molar-refractivity contribution in [2.45, 2.75) is 0 Å². The molecular weight excluding hydrogens is 196 g/mol. The second kappa shape index (κ2) is 23.3. The van der Waals surface area contributed by atoms with Gasteiger partial charge in [0.15, 0.2) is 6.68 Å². The van der Waals surface area contributed by atoms with Gasteiger partial charge in [-0.1, -0.05) is 6.08 Å². The monoisotopic (exact) mass is 201 g/mol. The second-order valence-corrected chi connectivity index (χ2v) is 0.686. The van der Waals surface area contributed by atoms with Crippen LogP contribution in [-0.2, 0) is 19.3 Å². The molecule has 0 aliphatic heterocycles. The predicted octanol–water partition coefficient (Wildman–Crippen LogP) is 1.39. The van der Waals surface area contributed by atoms with Crippen LogP contribution in [0.1, 0.15) is 0 Å². The van der Waals surface area contributed by atoms with Crippen LogP contribution in [-0.4, -0.2) is 11.7 Å². The Hall–Kier alpha value is -0.216. The molecule has 1 N–H and O–H groups in total. The molecule has 6 heteroatoms. The van der Waals surface area contributed by atoms with Crippen molar-refractivity contribution in [2.75, 3.05) is 6.61 Å². The van der Waals surface area contributed by atoms with Gasteiger partial charge in [0, 0.05) is 0 Å². The first-order valence-electron chi connectivity index (χ1n) is 1.83. The van der Waals surface area contributed by atoms with Crippen LogP contribution in [0.5, 0.6) is 0 Å². The molecule has 10 heavy (non-hydrogen) atoms. The molecule has 0 spiro atoms. The molecule has 2 nitrogen and oxygen atoms in total. The maximum absolute atomic E-state index is 9.58. The third-order valence-corrected chi connectivity index (χ3v) is 0.129. The Morgan fingerprint density at radius 1 is 1.50 bits per heavy atom. The number of hydrogen-bond donors (Lipinski definition) is 1. The zero-order valence-electron chi connectivity index (χ0n) is 4.80. The van der Waals surface area contributed by atoms with E-state index in [9.17, 15) is 13.2 Å². The molecule has 0 heterocycles. The van der Waals surface area contributed by atoms with Crippen molar-refractivity contribution in [2.24, 2.45) is 0 Å². The molecule has 0 saturated heterocycles. The van der Waals surface area contributed by atoms with Gasteiger partial charge in [-0.15, -0.1) is 6.58 Å². The minimum absolute atomic E-state index is 0.0833. The van der Waals surface area contributed by atoms with Crippen LogP contribution in [0.3, 0.4) is 0 Å². The summed E-state index contributed by atoms with van der Waals surface area (Å²) in [7, 11) is 0. The van der Waals surface area contributed by atoms with E-state index in [4.69, 9.17) is 9.00 Å². The summed E-state index contributed by atoms with van der Waals surface area (Å²) in [4.78, 5) is 0. The fourth-order valence-corrected chi connectivity index (χ4v) is 0. The Bertz CT molecular complexity index is 59.7. The molecule has 0 saturated carbocycles. The summed E-state index contributed by atoms with van der Waals surface area (Å²) < 4.78 is 36.6. The number of aliphatic hydroxyl groups is 1. The van der Waals surface area contributed by atoms with E-state index in [2.05, 4.69) is 22.0 Å². The summed E-state index contributed by atoms with van der Waals surface area (Å²) in [6, 6.07) is 0. The van der Waals surface area contributed by atoms with Crippen molar-refractivity contribution in [1.82, 2.24) is 0 Å². The first-order valence-corrected chi connectivity index (χ1v) is 2.23. The predicted molar refractivity (Wildman–Crippen MR) is 24.5 cm³/mol. The van der Waals surface area contributed by atoms with Crippen LogP contribution in [0.25, 0.3) is 0 Å². The van der Waals surface area contributed by atoms with E-state index >= 15 is 0 Å². The Balaban J connectivity index is -0.0000000787.